The summed E-state index contributed by atoms with van der Waals surface area (Å²) < 4.78 is 1.31. The number of nitrogens with one attached hydrogen (secondary N) is 1. The average molecular weight is 406 g/mol. The highest BCUT2D eigenvalue weighted by atomic mass is 127. The Bertz CT molecular complexity index is 776. The molecule has 2 bridgehead atoms. The molecule has 0 unspecified atom stereocenters. The van der Waals surface area contributed by atoms with Crippen molar-refractivity contribution in [1.82, 2.24) is 9.88 Å². The second-order valence-electron chi connectivity index (χ2n) is 6.21. The van der Waals surface area contributed by atoms with Crippen LogP contribution in [0.15, 0.2) is 33.9 Å². The number of hydrogen-bond donors (Lipinski definition) is 1. The first-order valence-electron chi connectivity index (χ1n) is 7.87. The lowest BCUT2D eigenvalue weighted by atomic mass is 9.82. The number of rotatable bonds is 2. The zero-order valence-electron chi connectivity index (χ0n) is 12.6. The number of benzene rings is 1. The molecule has 1 aromatic heterocycles. The van der Waals surface area contributed by atoms with Crippen LogP contribution in [-0.4, -0.2) is 28.3 Å². The molecule has 2 aromatic rings. The van der Waals surface area contributed by atoms with Crippen molar-refractivity contribution in [2.45, 2.75) is 38.3 Å². The topological polar surface area (TPSA) is 36.1 Å². The number of hydrogen-bond acceptors (Lipinski definition) is 2. The number of H-pyrrole nitrogens is 1. The zero-order valence-corrected chi connectivity index (χ0v) is 14.8. The molecule has 1 saturated heterocycles. The molecule has 0 amide bonds. The predicted molar refractivity (Wildman–Crippen MR) is 97.3 cm³/mol. The molecular weight excluding hydrogens is 387 g/mol. The molecule has 1 aromatic carbocycles. The molecule has 2 aliphatic rings. The van der Waals surface area contributed by atoms with Crippen LogP contribution in [0.4, 0.5) is 0 Å². The number of nitrogens with zero attached hydrogens (tertiary/aromatic N) is 1. The lowest BCUT2D eigenvalue weighted by Crippen LogP contribution is -2.52. The summed E-state index contributed by atoms with van der Waals surface area (Å²) in [5.41, 5.74) is 3.91. The Kier molecular flexibility index (Phi) is 3.61. The van der Waals surface area contributed by atoms with Crippen LogP contribution in [0.3, 0.4) is 0 Å². The highest BCUT2D eigenvalue weighted by Gasteiger charge is 2.43. The van der Waals surface area contributed by atoms with Crippen molar-refractivity contribution < 1.29 is 4.79 Å². The number of halogens is 1. The molecule has 3 nitrogen and oxygen atoms in total. The SMILES string of the molecule is C/C=C(\I)CN1[C@H]2Cc3c([nH]c4ccccc34)[C@@H]1CCC2=O. The van der Waals surface area contributed by atoms with Gasteiger partial charge in [0, 0.05) is 33.1 Å². The van der Waals surface area contributed by atoms with Crippen molar-refractivity contribution >= 4 is 39.3 Å². The molecule has 114 valence electrons. The minimum absolute atomic E-state index is 0.0511. The molecule has 2 aliphatic heterocycles. The Balaban J connectivity index is 1.84. The van der Waals surface area contributed by atoms with Gasteiger partial charge in [0.25, 0.3) is 0 Å². The number of Topliss-reactive ketones (excluding diaryl/α,β-unsaturated/α-hetero) is 1. The molecule has 3 heterocycles. The van der Waals surface area contributed by atoms with Crippen LogP contribution >= 0.6 is 22.6 Å². The van der Waals surface area contributed by atoms with E-state index in [4.69, 9.17) is 0 Å². The first kappa shape index (κ1) is 14.5. The van der Waals surface area contributed by atoms with E-state index in [1.165, 1.54) is 25.7 Å². The van der Waals surface area contributed by atoms with E-state index in [9.17, 15) is 4.79 Å². The molecule has 1 N–H and O–H groups in total. The maximum absolute atomic E-state index is 12.5. The van der Waals surface area contributed by atoms with E-state index in [1.54, 1.807) is 0 Å². The summed E-state index contributed by atoms with van der Waals surface area (Å²) in [6, 6.07) is 8.87. The highest BCUT2D eigenvalue weighted by Crippen LogP contribution is 2.43. The van der Waals surface area contributed by atoms with E-state index in [0.29, 0.717) is 18.2 Å². The standard InChI is InChI=1S/C18H19IN2O/c1-2-11(19)10-21-15-7-8-17(22)16(21)9-13-12-5-3-4-6-14(12)20-18(13)15/h2-6,15-16,20H,7-10H2,1H3/b11-2-/t15-,16-/m0/s1. The summed E-state index contributed by atoms with van der Waals surface area (Å²) >= 11 is 2.39. The van der Waals surface area contributed by atoms with Crippen LogP contribution in [0.1, 0.15) is 37.1 Å². The third-order valence-electron chi connectivity index (χ3n) is 5.06. The summed E-state index contributed by atoms with van der Waals surface area (Å²) in [6.07, 6.45) is 4.64. The first-order valence-corrected chi connectivity index (χ1v) is 8.95. The highest BCUT2D eigenvalue weighted by molar-refractivity contribution is 14.1. The van der Waals surface area contributed by atoms with E-state index < -0.39 is 0 Å². The van der Waals surface area contributed by atoms with Crippen LogP contribution in [0, 0.1) is 0 Å². The van der Waals surface area contributed by atoms with Crippen molar-refractivity contribution in [3.63, 3.8) is 0 Å². The normalized spacial score (nSPS) is 25.5. The molecule has 4 heteroatoms. The molecule has 22 heavy (non-hydrogen) atoms. The number of piperidine rings is 1. The van der Waals surface area contributed by atoms with Crippen LogP contribution in [-0.2, 0) is 11.2 Å². The van der Waals surface area contributed by atoms with Gasteiger partial charge in [0.2, 0.25) is 0 Å². The van der Waals surface area contributed by atoms with Gasteiger partial charge < -0.3 is 4.98 Å². The number of ketones is 1. The van der Waals surface area contributed by atoms with E-state index in [1.807, 2.05) is 0 Å². The van der Waals surface area contributed by atoms with E-state index in [-0.39, 0.29) is 6.04 Å². The van der Waals surface area contributed by atoms with Gasteiger partial charge in [0.15, 0.2) is 0 Å². The van der Waals surface area contributed by atoms with Crippen molar-refractivity contribution in [1.29, 1.82) is 0 Å². The minimum Gasteiger partial charge on any atom is -0.357 e. The van der Waals surface area contributed by atoms with Gasteiger partial charge in [-0.05, 0) is 54.0 Å². The zero-order chi connectivity index (χ0) is 15.3. The van der Waals surface area contributed by atoms with Gasteiger partial charge >= 0.3 is 0 Å². The van der Waals surface area contributed by atoms with Gasteiger partial charge in [-0.1, -0.05) is 24.3 Å². The first-order chi connectivity index (χ1) is 10.7. The molecule has 0 aliphatic carbocycles. The number of allylic oxidation sites excluding steroid dienone is 1. The number of aromatic amines is 1. The summed E-state index contributed by atoms with van der Waals surface area (Å²) in [6.45, 7) is 2.95. The van der Waals surface area contributed by atoms with Crippen molar-refractivity contribution in [2.24, 2.45) is 0 Å². The number of para-hydroxylation sites is 1. The Morgan fingerprint density at radius 2 is 2.23 bits per heavy atom. The largest absolute Gasteiger partial charge is 0.357 e. The monoisotopic (exact) mass is 406 g/mol. The number of fused-ring (bicyclic) bond motifs is 6. The van der Waals surface area contributed by atoms with Gasteiger partial charge in [0.1, 0.15) is 5.78 Å². The van der Waals surface area contributed by atoms with Crippen LogP contribution in [0.2, 0.25) is 0 Å². The van der Waals surface area contributed by atoms with Crippen LogP contribution in [0.25, 0.3) is 10.9 Å². The maximum atomic E-state index is 12.5. The second-order valence-corrected chi connectivity index (χ2v) is 7.60. The van der Waals surface area contributed by atoms with Crippen molar-refractivity contribution in [2.75, 3.05) is 6.54 Å². The summed E-state index contributed by atoms with van der Waals surface area (Å²) in [7, 11) is 0. The lowest BCUT2D eigenvalue weighted by molar-refractivity contribution is -0.129. The summed E-state index contributed by atoms with van der Waals surface area (Å²) in [5.74, 6) is 0.410. The fourth-order valence-corrected chi connectivity index (χ4v) is 4.35. The van der Waals surface area contributed by atoms with Gasteiger partial charge in [-0.25, -0.2) is 0 Å². The molecule has 0 spiro atoms. The van der Waals surface area contributed by atoms with Crippen molar-refractivity contribution in [3.05, 3.63) is 45.2 Å². The van der Waals surface area contributed by atoms with Crippen LogP contribution in [0.5, 0.6) is 0 Å². The third kappa shape index (κ3) is 2.15. The lowest BCUT2D eigenvalue weighted by Gasteiger charge is -2.44. The maximum Gasteiger partial charge on any atom is 0.150 e. The fraction of sp³-hybridized carbons (Fsp3) is 0.389. The molecular formula is C18H19IN2O. The predicted octanol–water partition coefficient (Wildman–Crippen LogP) is 4.14. The Labute approximate surface area is 143 Å². The third-order valence-corrected chi connectivity index (χ3v) is 6.02. The Hall–Kier alpha value is -1.14. The van der Waals surface area contributed by atoms with Crippen LogP contribution < -0.4 is 0 Å². The quantitative estimate of drug-likeness (QED) is 0.762. The van der Waals surface area contributed by atoms with Gasteiger partial charge in [-0.2, -0.15) is 0 Å². The number of carbonyl (C=O) groups excluding carboxylic acids is 1. The molecule has 1 fully saturated rings. The minimum atomic E-state index is 0.0511. The Morgan fingerprint density at radius 1 is 1.41 bits per heavy atom. The molecule has 0 saturated carbocycles. The number of aromatic nitrogens is 1. The van der Waals surface area contributed by atoms with E-state index in [0.717, 1.165) is 19.4 Å². The second kappa shape index (κ2) is 5.49. The molecule has 2 atom stereocenters. The van der Waals surface area contributed by atoms with Gasteiger partial charge in [-0.3, -0.25) is 9.69 Å². The van der Waals surface area contributed by atoms with E-state index in [2.05, 4.69) is 69.7 Å². The number of carbonyl (C=O) groups is 1. The molecule has 4 rings (SSSR count). The smallest absolute Gasteiger partial charge is 0.150 e. The van der Waals surface area contributed by atoms with Gasteiger partial charge in [0.05, 0.1) is 12.1 Å². The van der Waals surface area contributed by atoms with E-state index >= 15 is 0 Å². The summed E-state index contributed by atoms with van der Waals surface area (Å²) in [4.78, 5) is 18.5. The summed E-state index contributed by atoms with van der Waals surface area (Å²) in [5, 5.41) is 1.29. The Morgan fingerprint density at radius 3 is 3.05 bits per heavy atom. The molecule has 0 radical (unpaired) electrons. The average Bonchev–Trinajstić information content (AvgIpc) is 2.89. The van der Waals surface area contributed by atoms with Gasteiger partial charge in [-0.15, -0.1) is 0 Å². The fourth-order valence-electron chi connectivity index (χ4n) is 3.96. The van der Waals surface area contributed by atoms with Crippen molar-refractivity contribution in [3.8, 4) is 0 Å².